The summed E-state index contributed by atoms with van der Waals surface area (Å²) in [7, 11) is 1.65. The van der Waals surface area contributed by atoms with E-state index in [4.69, 9.17) is 0 Å². The van der Waals surface area contributed by atoms with Gasteiger partial charge in [-0.1, -0.05) is 25.1 Å². The normalized spacial score (nSPS) is 33.5. The van der Waals surface area contributed by atoms with Gasteiger partial charge in [0.25, 0.3) is 5.91 Å². The number of nitrogens with zero attached hydrogens (tertiary/aromatic N) is 1. The first-order chi connectivity index (χ1) is 9.46. The van der Waals surface area contributed by atoms with E-state index in [1.165, 1.54) is 4.90 Å². The lowest BCUT2D eigenvalue weighted by Gasteiger charge is -2.35. The quantitative estimate of drug-likeness (QED) is 0.849. The molecule has 0 unspecified atom stereocenters. The lowest BCUT2D eigenvalue weighted by atomic mass is 9.70. The Morgan fingerprint density at radius 1 is 1.30 bits per heavy atom. The first-order valence-electron chi connectivity index (χ1n) is 7.09. The van der Waals surface area contributed by atoms with Crippen molar-refractivity contribution in [2.75, 3.05) is 11.9 Å². The number of fused-ring (bicyclic) bond motifs is 1. The maximum Gasteiger partial charge on any atom is 0.264 e. The highest BCUT2D eigenvalue weighted by Crippen LogP contribution is 2.47. The van der Waals surface area contributed by atoms with Crippen molar-refractivity contribution in [2.24, 2.45) is 11.8 Å². The molecule has 3 atom stereocenters. The van der Waals surface area contributed by atoms with E-state index >= 15 is 0 Å². The molecule has 1 aromatic rings. The molecule has 1 aliphatic carbocycles. The van der Waals surface area contributed by atoms with Gasteiger partial charge in [-0.2, -0.15) is 0 Å². The van der Waals surface area contributed by atoms with E-state index in [2.05, 4.69) is 6.92 Å². The number of likely N-dealkylation sites (N-methyl/N-ethyl adjacent to an activating group) is 1. The van der Waals surface area contributed by atoms with Crippen LogP contribution >= 0.6 is 0 Å². The standard InChI is InChI=1S/C16H19NO3/c1-10-7-8-14(18)12(9-10)16(20)11-5-3-4-6-13(11)17(2)15(16)19/h3-6,10,12,20H,7-9H2,1-2H3/t10-,12+,16+/m1/s1. The summed E-state index contributed by atoms with van der Waals surface area (Å²) in [6, 6.07) is 7.19. The number of carbonyl (C=O) groups is 2. The minimum absolute atomic E-state index is 0.00375. The number of Topliss-reactive ketones (excluding diaryl/α,β-unsaturated/α-hetero) is 1. The van der Waals surface area contributed by atoms with Crippen LogP contribution in [0.5, 0.6) is 0 Å². The molecule has 4 nitrogen and oxygen atoms in total. The molecule has 4 heteroatoms. The van der Waals surface area contributed by atoms with E-state index in [9.17, 15) is 14.7 Å². The van der Waals surface area contributed by atoms with E-state index in [1.54, 1.807) is 19.2 Å². The predicted molar refractivity (Wildman–Crippen MR) is 75.3 cm³/mol. The Bertz CT molecular complexity index is 583. The Balaban J connectivity index is 2.11. The van der Waals surface area contributed by atoms with E-state index in [1.807, 2.05) is 12.1 Å². The van der Waals surface area contributed by atoms with Gasteiger partial charge in [0.15, 0.2) is 5.60 Å². The third-order valence-electron chi connectivity index (χ3n) is 4.72. The van der Waals surface area contributed by atoms with Crippen LogP contribution in [0.1, 0.15) is 31.7 Å². The van der Waals surface area contributed by atoms with Crippen molar-refractivity contribution in [2.45, 2.75) is 31.8 Å². The fourth-order valence-corrected chi connectivity index (χ4v) is 3.52. The second kappa shape index (κ2) is 4.42. The van der Waals surface area contributed by atoms with Gasteiger partial charge in [-0.25, -0.2) is 0 Å². The number of rotatable bonds is 1. The van der Waals surface area contributed by atoms with Crippen molar-refractivity contribution in [3.8, 4) is 0 Å². The zero-order chi connectivity index (χ0) is 14.5. The maximum absolute atomic E-state index is 12.6. The van der Waals surface area contributed by atoms with Gasteiger partial charge >= 0.3 is 0 Å². The van der Waals surface area contributed by atoms with Crippen molar-refractivity contribution >= 4 is 17.4 Å². The molecule has 1 aromatic carbocycles. The Labute approximate surface area is 118 Å². The van der Waals surface area contributed by atoms with Gasteiger partial charge in [-0.15, -0.1) is 0 Å². The third kappa shape index (κ3) is 1.64. The smallest absolute Gasteiger partial charge is 0.264 e. The van der Waals surface area contributed by atoms with Crippen molar-refractivity contribution < 1.29 is 14.7 Å². The molecule has 0 spiro atoms. The highest BCUT2D eigenvalue weighted by Gasteiger charge is 2.56. The fraction of sp³-hybridized carbons (Fsp3) is 0.500. The number of carbonyl (C=O) groups excluding carboxylic acids is 2. The predicted octanol–water partition coefficient (Wildman–Crippen LogP) is 1.86. The summed E-state index contributed by atoms with van der Waals surface area (Å²) in [6.07, 6.45) is 1.87. The number of para-hydroxylation sites is 1. The zero-order valence-corrected chi connectivity index (χ0v) is 11.8. The number of ketones is 1. The summed E-state index contributed by atoms with van der Waals surface area (Å²) in [6.45, 7) is 2.07. The summed E-state index contributed by atoms with van der Waals surface area (Å²) in [5.41, 5.74) is -0.414. The van der Waals surface area contributed by atoms with Crippen LogP contribution < -0.4 is 4.90 Å². The molecule has 1 fully saturated rings. The van der Waals surface area contributed by atoms with Crippen LogP contribution in [0.25, 0.3) is 0 Å². The number of hydrogen-bond donors (Lipinski definition) is 1. The Morgan fingerprint density at radius 3 is 2.75 bits per heavy atom. The third-order valence-corrected chi connectivity index (χ3v) is 4.72. The molecule has 1 heterocycles. The second-order valence-corrected chi connectivity index (χ2v) is 6.05. The summed E-state index contributed by atoms with van der Waals surface area (Å²) in [5, 5.41) is 11.1. The van der Waals surface area contributed by atoms with Gasteiger partial charge in [0, 0.05) is 19.0 Å². The molecule has 1 amide bonds. The summed E-state index contributed by atoms with van der Waals surface area (Å²) in [4.78, 5) is 26.3. The zero-order valence-electron chi connectivity index (χ0n) is 11.8. The molecule has 3 rings (SSSR count). The molecule has 106 valence electrons. The average molecular weight is 273 g/mol. The topological polar surface area (TPSA) is 57.6 Å². The Hall–Kier alpha value is -1.68. The SMILES string of the molecule is C[C@@H]1CCC(=O)[C@@H]([C@]2(O)C(=O)N(C)c3ccccc32)C1. The summed E-state index contributed by atoms with van der Waals surface area (Å²) >= 11 is 0. The number of anilines is 1. The Kier molecular flexibility index (Phi) is 2.94. The molecule has 1 aliphatic heterocycles. The number of benzene rings is 1. The van der Waals surface area contributed by atoms with Gasteiger partial charge in [0.2, 0.25) is 0 Å². The summed E-state index contributed by atoms with van der Waals surface area (Å²) < 4.78 is 0. The number of hydrogen-bond acceptors (Lipinski definition) is 3. The fourth-order valence-electron chi connectivity index (χ4n) is 3.52. The van der Waals surface area contributed by atoms with Crippen molar-refractivity contribution in [1.29, 1.82) is 0 Å². The molecule has 2 aliphatic rings. The van der Waals surface area contributed by atoms with Crippen LogP contribution in [0, 0.1) is 11.8 Å². The number of aliphatic hydroxyl groups is 1. The molecule has 0 bridgehead atoms. The van der Waals surface area contributed by atoms with Crippen LogP contribution in [0.2, 0.25) is 0 Å². The monoisotopic (exact) mass is 273 g/mol. The minimum Gasteiger partial charge on any atom is -0.375 e. The summed E-state index contributed by atoms with van der Waals surface area (Å²) in [5.74, 6) is -0.646. The van der Waals surface area contributed by atoms with Crippen LogP contribution in [0.3, 0.4) is 0 Å². The van der Waals surface area contributed by atoms with Crippen molar-refractivity contribution in [1.82, 2.24) is 0 Å². The lowest BCUT2D eigenvalue weighted by molar-refractivity contribution is -0.153. The van der Waals surface area contributed by atoms with Gasteiger partial charge in [0.1, 0.15) is 5.78 Å². The maximum atomic E-state index is 12.6. The highest BCUT2D eigenvalue weighted by molar-refractivity contribution is 6.09. The molecular weight excluding hydrogens is 254 g/mol. The molecular formula is C16H19NO3. The minimum atomic E-state index is -1.68. The van der Waals surface area contributed by atoms with Gasteiger partial charge in [-0.05, 0) is 24.8 Å². The van der Waals surface area contributed by atoms with Crippen LogP contribution in [-0.4, -0.2) is 23.8 Å². The second-order valence-electron chi connectivity index (χ2n) is 6.05. The van der Waals surface area contributed by atoms with E-state index in [-0.39, 0.29) is 11.7 Å². The first kappa shape index (κ1) is 13.3. The molecule has 20 heavy (non-hydrogen) atoms. The van der Waals surface area contributed by atoms with Crippen LogP contribution in [0.4, 0.5) is 5.69 Å². The molecule has 0 radical (unpaired) electrons. The highest BCUT2D eigenvalue weighted by atomic mass is 16.3. The molecule has 0 saturated heterocycles. The van der Waals surface area contributed by atoms with Crippen molar-refractivity contribution in [3.63, 3.8) is 0 Å². The van der Waals surface area contributed by atoms with E-state index in [0.29, 0.717) is 30.0 Å². The molecule has 1 saturated carbocycles. The number of amides is 1. The van der Waals surface area contributed by atoms with Gasteiger partial charge in [-0.3, -0.25) is 9.59 Å². The first-order valence-corrected chi connectivity index (χ1v) is 7.09. The van der Waals surface area contributed by atoms with E-state index < -0.39 is 11.5 Å². The average Bonchev–Trinajstić information content (AvgIpc) is 2.65. The lowest BCUT2D eigenvalue weighted by Crippen LogP contribution is -2.49. The van der Waals surface area contributed by atoms with Crippen molar-refractivity contribution in [3.05, 3.63) is 29.8 Å². The van der Waals surface area contributed by atoms with Crippen LogP contribution in [-0.2, 0) is 15.2 Å². The molecule has 1 N–H and O–H groups in total. The van der Waals surface area contributed by atoms with Gasteiger partial charge in [0.05, 0.1) is 11.6 Å². The van der Waals surface area contributed by atoms with Gasteiger partial charge < -0.3 is 10.0 Å². The van der Waals surface area contributed by atoms with Crippen LogP contribution in [0.15, 0.2) is 24.3 Å². The van der Waals surface area contributed by atoms with E-state index in [0.717, 1.165) is 6.42 Å². The largest absolute Gasteiger partial charge is 0.375 e. The Morgan fingerprint density at radius 2 is 2.00 bits per heavy atom. The molecule has 0 aromatic heterocycles.